The van der Waals surface area contributed by atoms with Crippen LogP contribution in [0.5, 0.6) is 0 Å². The summed E-state index contributed by atoms with van der Waals surface area (Å²) in [6, 6.07) is 4.30. The number of aryl methyl sites for hydroxylation is 1. The number of likely N-dealkylation sites (N-methyl/N-ethyl adjacent to an activating group) is 1. The Hall–Kier alpha value is -1.24. The molecular formula is C12H16N4OS. The van der Waals surface area contributed by atoms with Crippen LogP contribution in [0.25, 0.3) is 10.8 Å². The molecule has 0 radical (unpaired) electrons. The van der Waals surface area contributed by atoms with Gasteiger partial charge in [-0.05, 0) is 26.1 Å². The molecule has 1 saturated heterocycles. The van der Waals surface area contributed by atoms with E-state index in [0.717, 1.165) is 30.3 Å². The van der Waals surface area contributed by atoms with Crippen molar-refractivity contribution in [1.82, 2.24) is 20.4 Å². The van der Waals surface area contributed by atoms with Gasteiger partial charge in [-0.3, -0.25) is 4.90 Å². The molecule has 1 fully saturated rings. The maximum absolute atomic E-state index is 5.36. The Morgan fingerprint density at radius 1 is 1.50 bits per heavy atom. The zero-order valence-electron chi connectivity index (χ0n) is 10.5. The molecule has 0 spiro atoms. The summed E-state index contributed by atoms with van der Waals surface area (Å²) in [5, 5.41) is 7.47. The van der Waals surface area contributed by atoms with Crippen molar-refractivity contribution in [3.63, 3.8) is 0 Å². The minimum Gasteiger partial charge on any atom is -0.333 e. The summed E-state index contributed by atoms with van der Waals surface area (Å²) in [6.45, 7) is 4.97. The van der Waals surface area contributed by atoms with E-state index in [1.807, 2.05) is 6.07 Å². The molecule has 0 amide bonds. The van der Waals surface area contributed by atoms with E-state index in [1.54, 1.807) is 11.3 Å². The van der Waals surface area contributed by atoms with Gasteiger partial charge in [-0.15, -0.1) is 11.3 Å². The topological polar surface area (TPSA) is 54.2 Å². The van der Waals surface area contributed by atoms with Gasteiger partial charge < -0.3 is 9.84 Å². The molecule has 1 atom stereocenters. The highest BCUT2D eigenvalue weighted by atomic mass is 32.1. The average Bonchev–Trinajstić information content (AvgIpc) is 2.98. The molecule has 0 aromatic carbocycles. The van der Waals surface area contributed by atoms with Crippen LogP contribution in [0, 0.1) is 6.92 Å². The zero-order valence-corrected chi connectivity index (χ0v) is 11.3. The fraction of sp³-hybridized carbons (Fsp3) is 0.500. The molecule has 0 saturated carbocycles. The van der Waals surface area contributed by atoms with Crippen molar-refractivity contribution in [1.29, 1.82) is 0 Å². The quantitative estimate of drug-likeness (QED) is 0.894. The molecule has 1 aliphatic heterocycles. The van der Waals surface area contributed by atoms with Gasteiger partial charge in [0, 0.05) is 24.5 Å². The number of hydrogen-bond donors (Lipinski definition) is 1. The van der Waals surface area contributed by atoms with E-state index in [-0.39, 0.29) is 6.04 Å². The molecule has 2 aromatic heterocycles. The van der Waals surface area contributed by atoms with E-state index in [1.165, 1.54) is 4.88 Å². The normalized spacial score (nSPS) is 21.3. The number of thiophene rings is 1. The van der Waals surface area contributed by atoms with Crippen LogP contribution < -0.4 is 5.32 Å². The SMILES string of the molecule is Cc1ccc(-c2nc(C3CNCCN3C)no2)s1. The van der Waals surface area contributed by atoms with Gasteiger partial charge in [0.1, 0.15) is 0 Å². The van der Waals surface area contributed by atoms with Crippen molar-refractivity contribution < 1.29 is 4.52 Å². The monoisotopic (exact) mass is 264 g/mol. The molecule has 1 aliphatic rings. The van der Waals surface area contributed by atoms with E-state index in [0.29, 0.717) is 5.89 Å². The van der Waals surface area contributed by atoms with E-state index >= 15 is 0 Å². The lowest BCUT2D eigenvalue weighted by Crippen LogP contribution is -2.44. The van der Waals surface area contributed by atoms with Crippen molar-refractivity contribution in [2.45, 2.75) is 13.0 Å². The van der Waals surface area contributed by atoms with Crippen molar-refractivity contribution in [2.24, 2.45) is 0 Å². The Labute approximate surface area is 110 Å². The van der Waals surface area contributed by atoms with Crippen LogP contribution in [-0.2, 0) is 0 Å². The summed E-state index contributed by atoms with van der Waals surface area (Å²) < 4.78 is 5.36. The van der Waals surface area contributed by atoms with Crippen molar-refractivity contribution in [3.8, 4) is 10.8 Å². The highest BCUT2D eigenvalue weighted by Gasteiger charge is 2.25. The minimum absolute atomic E-state index is 0.206. The third-order valence-corrected chi connectivity index (χ3v) is 4.19. The van der Waals surface area contributed by atoms with Crippen LogP contribution >= 0.6 is 11.3 Å². The summed E-state index contributed by atoms with van der Waals surface area (Å²) in [7, 11) is 2.09. The Kier molecular flexibility index (Phi) is 3.15. The van der Waals surface area contributed by atoms with Crippen LogP contribution in [0.2, 0.25) is 0 Å². The standard InChI is InChI=1S/C12H16N4OS/c1-8-3-4-10(18-8)12-14-11(15-17-12)9-7-13-5-6-16(9)2/h3-4,9,13H,5-7H2,1-2H3. The van der Waals surface area contributed by atoms with Crippen LogP contribution in [0.4, 0.5) is 0 Å². The second kappa shape index (κ2) is 4.79. The number of aromatic nitrogens is 2. The van der Waals surface area contributed by atoms with Gasteiger partial charge in [0.2, 0.25) is 0 Å². The van der Waals surface area contributed by atoms with Crippen molar-refractivity contribution in [3.05, 3.63) is 22.8 Å². The first-order valence-electron chi connectivity index (χ1n) is 6.05. The van der Waals surface area contributed by atoms with Gasteiger partial charge in [0.25, 0.3) is 5.89 Å². The number of rotatable bonds is 2. The number of nitrogens with one attached hydrogen (secondary N) is 1. The Balaban J connectivity index is 1.84. The lowest BCUT2D eigenvalue weighted by molar-refractivity contribution is 0.190. The smallest absolute Gasteiger partial charge is 0.268 e. The van der Waals surface area contributed by atoms with E-state index in [4.69, 9.17) is 4.52 Å². The highest BCUT2D eigenvalue weighted by molar-refractivity contribution is 7.15. The van der Waals surface area contributed by atoms with E-state index in [2.05, 4.69) is 40.4 Å². The predicted molar refractivity (Wildman–Crippen MR) is 70.6 cm³/mol. The molecule has 3 rings (SSSR count). The Morgan fingerprint density at radius 2 is 2.39 bits per heavy atom. The third kappa shape index (κ3) is 2.19. The fourth-order valence-corrected chi connectivity index (χ4v) is 2.90. The molecular weight excluding hydrogens is 248 g/mol. The number of nitrogens with zero attached hydrogens (tertiary/aromatic N) is 3. The second-order valence-electron chi connectivity index (χ2n) is 4.57. The second-order valence-corrected chi connectivity index (χ2v) is 5.86. The van der Waals surface area contributed by atoms with Crippen LogP contribution in [0.1, 0.15) is 16.7 Å². The Morgan fingerprint density at radius 3 is 3.11 bits per heavy atom. The summed E-state index contributed by atoms with van der Waals surface area (Å²) in [5.41, 5.74) is 0. The summed E-state index contributed by atoms with van der Waals surface area (Å²) in [5.74, 6) is 1.40. The molecule has 3 heterocycles. The molecule has 1 N–H and O–H groups in total. The first-order chi connectivity index (χ1) is 8.74. The highest BCUT2D eigenvalue weighted by Crippen LogP contribution is 2.28. The minimum atomic E-state index is 0.206. The van der Waals surface area contributed by atoms with Gasteiger partial charge in [-0.1, -0.05) is 5.16 Å². The predicted octanol–water partition coefficient (Wildman–Crippen LogP) is 1.68. The molecule has 0 aliphatic carbocycles. The Bertz CT molecular complexity index is 536. The molecule has 5 nitrogen and oxygen atoms in total. The van der Waals surface area contributed by atoms with Crippen LogP contribution in [-0.4, -0.2) is 41.7 Å². The molecule has 96 valence electrons. The van der Waals surface area contributed by atoms with Crippen LogP contribution in [0.15, 0.2) is 16.7 Å². The van der Waals surface area contributed by atoms with E-state index in [9.17, 15) is 0 Å². The van der Waals surface area contributed by atoms with Gasteiger partial charge in [-0.2, -0.15) is 4.98 Å². The van der Waals surface area contributed by atoms with Gasteiger partial charge in [0.15, 0.2) is 5.82 Å². The maximum Gasteiger partial charge on any atom is 0.268 e. The summed E-state index contributed by atoms with van der Waals surface area (Å²) in [6.07, 6.45) is 0. The van der Waals surface area contributed by atoms with Gasteiger partial charge in [0.05, 0.1) is 10.9 Å². The molecule has 2 aromatic rings. The third-order valence-electron chi connectivity index (χ3n) is 3.20. The largest absolute Gasteiger partial charge is 0.333 e. The lowest BCUT2D eigenvalue weighted by Gasteiger charge is -2.30. The lowest BCUT2D eigenvalue weighted by atomic mass is 10.2. The summed E-state index contributed by atoms with van der Waals surface area (Å²) in [4.78, 5) is 9.06. The van der Waals surface area contributed by atoms with Gasteiger partial charge in [-0.25, -0.2) is 0 Å². The molecule has 1 unspecified atom stereocenters. The van der Waals surface area contributed by atoms with Gasteiger partial charge >= 0.3 is 0 Å². The number of piperazine rings is 1. The molecule has 0 bridgehead atoms. The van der Waals surface area contributed by atoms with Crippen LogP contribution in [0.3, 0.4) is 0 Å². The summed E-state index contributed by atoms with van der Waals surface area (Å²) >= 11 is 1.68. The first-order valence-corrected chi connectivity index (χ1v) is 6.87. The number of hydrogen-bond acceptors (Lipinski definition) is 6. The van der Waals surface area contributed by atoms with Crippen molar-refractivity contribution in [2.75, 3.05) is 26.7 Å². The maximum atomic E-state index is 5.36. The zero-order chi connectivity index (χ0) is 12.5. The molecule has 18 heavy (non-hydrogen) atoms. The van der Waals surface area contributed by atoms with Crippen molar-refractivity contribution >= 4 is 11.3 Å². The fourth-order valence-electron chi connectivity index (χ4n) is 2.11. The first kappa shape index (κ1) is 11.8. The average molecular weight is 264 g/mol. The molecule has 6 heteroatoms. The van der Waals surface area contributed by atoms with E-state index < -0.39 is 0 Å².